The number of nitrogen functional groups attached to an aromatic ring is 2. The maximum Gasteiger partial charge on any atom is 0.338 e. The summed E-state index contributed by atoms with van der Waals surface area (Å²) >= 11 is 0. The van der Waals surface area contributed by atoms with Gasteiger partial charge in [0.15, 0.2) is 0 Å². The zero-order valence-corrected chi connectivity index (χ0v) is 22.7. The number of ether oxygens (including phenoxy) is 3. The summed E-state index contributed by atoms with van der Waals surface area (Å²) in [5, 5.41) is 0. The third-order valence-electron chi connectivity index (χ3n) is 7.00. The van der Waals surface area contributed by atoms with E-state index < -0.39 is 11.9 Å². The van der Waals surface area contributed by atoms with E-state index in [-0.39, 0.29) is 11.9 Å². The van der Waals surface area contributed by atoms with Crippen LogP contribution in [0.15, 0.2) is 48.5 Å². The van der Waals surface area contributed by atoms with Gasteiger partial charge in [-0.3, -0.25) is 4.79 Å². The molecule has 1 saturated carbocycles. The van der Waals surface area contributed by atoms with Crippen LogP contribution in [0.25, 0.3) is 6.08 Å². The summed E-state index contributed by atoms with van der Waals surface area (Å²) in [6.07, 6.45) is 11.3. The number of esters is 3. The normalized spacial score (nSPS) is 17.1. The monoisotopic (exact) mass is 536 g/mol. The van der Waals surface area contributed by atoms with Gasteiger partial charge >= 0.3 is 17.9 Å². The molecule has 0 unspecified atom stereocenters. The van der Waals surface area contributed by atoms with Crippen molar-refractivity contribution in [3.8, 4) is 5.75 Å². The predicted molar refractivity (Wildman–Crippen MR) is 152 cm³/mol. The summed E-state index contributed by atoms with van der Waals surface area (Å²) in [6.45, 7) is 2.82. The molecule has 2 aromatic rings. The van der Waals surface area contributed by atoms with Crippen molar-refractivity contribution < 1.29 is 28.6 Å². The fourth-order valence-corrected chi connectivity index (χ4v) is 4.64. The highest BCUT2D eigenvalue weighted by Gasteiger charge is 2.26. The Labute approximate surface area is 230 Å². The minimum atomic E-state index is -0.449. The number of benzene rings is 2. The Kier molecular flexibility index (Phi) is 11.9. The van der Waals surface area contributed by atoms with Gasteiger partial charge in [-0.1, -0.05) is 25.5 Å². The van der Waals surface area contributed by atoms with Crippen LogP contribution in [0.4, 0.5) is 11.4 Å². The van der Waals surface area contributed by atoms with Gasteiger partial charge in [-0.05, 0) is 99.3 Å². The van der Waals surface area contributed by atoms with E-state index in [2.05, 4.69) is 6.92 Å². The lowest BCUT2D eigenvalue weighted by molar-refractivity contribution is -0.140. The third kappa shape index (κ3) is 10.5. The molecule has 0 atom stereocenters. The van der Waals surface area contributed by atoms with Crippen molar-refractivity contribution in [3.63, 3.8) is 0 Å². The Morgan fingerprint density at radius 1 is 0.846 bits per heavy atom. The van der Waals surface area contributed by atoms with E-state index in [1.54, 1.807) is 36.4 Å². The van der Waals surface area contributed by atoms with Gasteiger partial charge in [0.2, 0.25) is 0 Å². The quantitative estimate of drug-likeness (QED) is 0.106. The van der Waals surface area contributed by atoms with E-state index in [4.69, 9.17) is 25.7 Å². The van der Waals surface area contributed by atoms with Gasteiger partial charge in [-0.15, -0.1) is 0 Å². The summed E-state index contributed by atoms with van der Waals surface area (Å²) in [4.78, 5) is 36.5. The second-order valence-corrected chi connectivity index (χ2v) is 10.1. The number of rotatable bonds is 13. The lowest BCUT2D eigenvalue weighted by Crippen LogP contribution is -2.25. The fourth-order valence-electron chi connectivity index (χ4n) is 4.64. The molecule has 0 heterocycles. The minimum absolute atomic E-state index is 0.0140. The summed E-state index contributed by atoms with van der Waals surface area (Å²) in [6, 6.07) is 11.7. The van der Waals surface area contributed by atoms with Gasteiger partial charge in [-0.2, -0.15) is 0 Å². The summed E-state index contributed by atoms with van der Waals surface area (Å²) < 4.78 is 16.0. The SMILES string of the molecule is CCC1CCC(C(=O)Oc2ccc(C=CC(=O)OCCCCCCOC(=O)c3cc(N)cc(N)c3)cc2)CC1. The Balaban J connectivity index is 1.25. The molecule has 0 saturated heterocycles. The molecule has 210 valence electrons. The lowest BCUT2D eigenvalue weighted by Gasteiger charge is -2.26. The van der Waals surface area contributed by atoms with Crippen LogP contribution >= 0.6 is 0 Å². The van der Waals surface area contributed by atoms with Crippen LogP contribution in [0.3, 0.4) is 0 Å². The van der Waals surface area contributed by atoms with Gasteiger partial charge in [0.1, 0.15) is 5.75 Å². The Morgan fingerprint density at radius 2 is 1.46 bits per heavy atom. The van der Waals surface area contributed by atoms with Crippen molar-refractivity contribution in [2.24, 2.45) is 11.8 Å². The standard InChI is InChI=1S/C31H40N2O6/c1-2-22-7-12-24(13-8-22)31(36)39-28-14-9-23(10-15-28)11-16-29(34)37-17-5-3-4-6-18-38-30(35)25-19-26(32)21-27(33)20-25/h9-11,14-16,19-22,24H,2-8,12-13,17-18,32-33H2,1H3. The molecule has 8 nitrogen and oxygen atoms in total. The summed E-state index contributed by atoms with van der Waals surface area (Å²) in [7, 11) is 0. The van der Waals surface area contributed by atoms with Gasteiger partial charge in [0.05, 0.1) is 24.7 Å². The minimum Gasteiger partial charge on any atom is -0.463 e. The Morgan fingerprint density at radius 3 is 2.08 bits per heavy atom. The van der Waals surface area contributed by atoms with E-state index >= 15 is 0 Å². The Hall–Kier alpha value is -3.81. The first kappa shape index (κ1) is 29.7. The van der Waals surface area contributed by atoms with Crippen molar-refractivity contribution in [3.05, 3.63) is 59.7 Å². The largest absolute Gasteiger partial charge is 0.463 e. The number of hydrogen-bond acceptors (Lipinski definition) is 8. The number of carbonyl (C=O) groups is 3. The van der Waals surface area contributed by atoms with Crippen LogP contribution in [0.2, 0.25) is 0 Å². The molecule has 1 aliphatic rings. The van der Waals surface area contributed by atoms with Crippen LogP contribution in [-0.4, -0.2) is 31.1 Å². The average molecular weight is 537 g/mol. The molecular weight excluding hydrogens is 496 g/mol. The maximum absolute atomic E-state index is 12.4. The Bertz CT molecular complexity index is 1100. The number of carbonyl (C=O) groups excluding carboxylic acids is 3. The van der Waals surface area contributed by atoms with Gasteiger partial charge in [0.25, 0.3) is 0 Å². The van der Waals surface area contributed by atoms with Gasteiger partial charge < -0.3 is 25.7 Å². The number of unbranched alkanes of at least 4 members (excludes halogenated alkanes) is 3. The molecule has 8 heteroatoms. The van der Waals surface area contributed by atoms with Crippen LogP contribution in [0.5, 0.6) is 5.75 Å². The summed E-state index contributed by atoms with van der Waals surface area (Å²) in [5.74, 6) is 0.221. The molecule has 0 spiro atoms. The number of nitrogens with two attached hydrogens (primary N) is 2. The molecule has 39 heavy (non-hydrogen) atoms. The molecule has 1 aliphatic carbocycles. The highest BCUT2D eigenvalue weighted by atomic mass is 16.5. The molecule has 0 radical (unpaired) electrons. The third-order valence-corrected chi connectivity index (χ3v) is 7.00. The van der Waals surface area contributed by atoms with Crippen LogP contribution in [0, 0.1) is 11.8 Å². The molecule has 0 aromatic heterocycles. The van der Waals surface area contributed by atoms with E-state index in [1.807, 2.05) is 0 Å². The molecular formula is C31H40N2O6. The van der Waals surface area contributed by atoms with Crippen molar-refractivity contribution in [1.29, 1.82) is 0 Å². The zero-order valence-electron chi connectivity index (χ0n) is 22.7. The second kappa shape index (κ2) is 15.6. The zero-order chi connectivity index (χ0) is 28.0. The highest BCUT2D eigenvalue weighted by Crippen LogP contribution is 2.31. The predicted octanol–water partition coefficient (Wildman–Crippen LogP) is 5.95. The van der Waals surface area contributed by atoms with E-state index in [1.165, 1.54) is 24.6 Å². The molecule has 2 aromatic carbocycles. The lowest BCUT2D eigenvalue weighted by atomic mass is 9.81. The van der Waals surface area contributed by atoms with Gasteiger partial charge in [-0.25, -0.2) is 9.59 Å². The highest BCUT2D eigenvalue weighted by molar-refractivity contribution is 5.91. The molecule has 0 bridgehead atoms. The first-order chi connectivity index (χ1) is 18.8. The average Bonchev–Trinajstić information content (AvgIpc) is 2.93. The topological polar surface area (TPSA) is 131 Å². The van der Waals surface area contributed by atoms with Crippen molar-refractivity contribution in [2.45, 2.75) is 64.7 Å². The molecule has 1 fully saturated rings. The first-order valence-corrected chi connectivity index (χ1v) is 13.8. The molecule has 0 aliphatic heterocycles. The van der Waals surface area contributed by atoms with Crippen molar-refractivity contribution in [1.82, 2.24) is 0 Å². The number of hydrogen-bond donors (Lipinski definition) is 2. The van der Waals surface area contributed by atoms with Gasteiger partial charge in [0, 0.05) is 17.5 Å². The van der Waals surface area contributed by atoms with E-state index in [0.717, 1.165) is 56.4 Å². The summed E-state index contributed by atoms with van der Waals surface area (Å²) in [5.41, 5.74) is 13.4. The van der Waals surface area contributed by atoms with Crippen molar-refractivity contribution >= 4 is 35.4 Å². The second-order valence-electron chi connectivity index (χ2n) is 10.1. The van der Waals surface area contributed by atoms with Crippen LogP contribution < -0.4 is 16.2 Å². The van der Waals surface area contributed by atoms with E-state index in [9.17, 15) is 14.4 Å². The van der Waals surface area contributed by atoms with Crippen molar-refractivity contribution in [2.75, 3.05) is 24.7 Å². The van der Waals surface area contributed by atoms with E-state index in [0.29, 0.717) is 42.3 Å². The fraction of sp³-hybridized carbons (Fsp3) is 0.452. The molecule has 4 N–H and O–H groups in total. The number of anilines is 2. The first-order valence-electron chi connectivity index (χ1n) is 13.8. The van der Waals surface area contributed by atoms with Crippen LogP contribution in [-0.2, 0) is 19.1 Å². The van der Waals surface area contributed by atoms with Crippen LogP contribution in [0.1, 0.15) is 80.6 Å². The smallest absolute Gasteiger partial charge is 0.338 e. The molecule has 0 amide bonds. The molecule has 3 rings (SSSR count). The maximum atomic E-state index is 12.4.